The van der Waals surface area contributed by atoms with Crippen LogP contribution in [0.25, 0.3) is 0 Å². The summed E-state index contributed by atoms with van der Waals surface area (Å²) in [6, 6.07) is 3.95. The number of rotatable bonds is 5. The molecule has 0 aliphatic carbocycles. The number of aliphatic hydroxyl groups excluding tert-OH is 2. The number of nitrogens with zero attached hydrogens (tertiary/aromatic N) is 1. The van der Waals surface area contributed by atoms with Gasteiger partial charge in [-0.25, -0.2) is 0 Å². The number of aliphatic hydroxyl groups is 2. The second kappa shape index (κ2) is 5.58. The van der Waals surface area contributed by atoms with Crippen molar-refractivity contribution in [3.05, 3.63) is 33.9 Å². The average Bonchev–Trinajstić information content (AvgIpc) is 2.28. The zero-order chi connectivity index (χ0) is 13.0. The number of hydrogen-bond acceptors (Lipinski definition) is 6. The minimum absolute atomic E-state index is 0.0223. The van der Waals surface area contributed by atoms with Gasteiger partial charge < -0.3 is 21.3 Å². The summed E-state index contributed by atoms with van der Waals surface area (Å²) in [6.45, 7) is 0.180. The maximum atomic E-state index is 10.7. The van der Waals surface area contributed by atoms with E-state index in [-0.39, 0.29) is 23.5 Å². The van der Waals surface area contributed by atoms with Crippen molar-refractivity contribution < 1.29 is 15.1 Å². The molecule has 0 aliphatic heterocycles. The molecule has 17 heavy (non-hydrogen) atoms. The molecule has 2 atom stereocenters. The van der Waals surface area contributed by atoms with E-state index in [1.165, 1.54) is 18.2 Å². The van der Waals surface area contributed by atoms with Crippen LogP contribution in [0.15, 0.2) is 18.2 Å². The summed E-state index contributed by atoms with van der Waals surface area (Å²) in [7, 11) is 1.63. The Morgan fingerprint density at radius 3 is 2.71 bits per heavy atom. The molecule has 0 saturated heterocycles. The molecule has 1 aromatic rings. The van der Waals surface area contributed by atoms with Gasteiger partial charge in [0.05, 0.1) is 11.0 Å². The fraction of sp³-hybridized carbons (Fsp3) is 0.400. The molecule has 0 heterocycles. The Kier molecular flexibility index (Phi) is 4.38. The normalized spacial score (nSPS) is 14.3. The van der Waals surface area contributed by atoms with Crippen LogP contribution in [-0.2, 0) is 0 Å². The summed E-state index contributed by atoms with van der Waals surface area (Å²) in [5, 5.41) is 32.7. The third-order valence-corrected chi connectivity index (χ3v) is 2.37. The van der Waals surface area contributed by atoms with Gasteiger partial charge in [-0.3, -0.25) is 10.1 Å². The molecule has 0 radical (unpaired) electrons. The molecular formula is C10H15N3O4. The first-order chi connectivity index (χ1) is 7.97. The highest BCUT2D eigenvalue weighted by atomic mass is 16.6. The van der Waals surface area contributed by atoms with E-state index in [1.807, 2.05) is 0 Å². The first-order valence-corrected chi connectivity index (χ1v) is 5.02. The van der Waals surface area contributed by atoms with E-state index in [4.69, 9.17) is 5.73 Å². The molecule has 0 bridgehead atoms. The van der Waals surface area contributed by atoms with Crippen LogP contribution in [0.5, 0.6) is 0 Å². The number of likely N-dealkylation sites (N-methyl/N-ethyl adjacent to an activating group) is 1. The topological polar surface area (TPSA) is 122 Å². The Labute approximate surface area is 98.0 Å². The first-order valence-electron chi connectivity index (χ1n) is 5.02. The lowest BCUT2D eigenvalue weighted by Gasteiger charge is -2.17. The van der Waals surface area contributed by atoms with Crippen LogP contribution in [0.1, 0.15) is 11.7 Å². The zero-order valence-corrected chi connectivity index (χ0v) is 9.33. The molecule has 2 unspecified atom stereocenters. The van der Waals surface area contributed by atoms with Crippen molar-refractivity contribution in [3.63, 3.8) is 0 Å². The van der Waals surface area contributed by atoms with E-state index < -0.39 is 17.1 Å². The lowest BCUT2D eigenvalue weighted by Crippen LogP contribution is -2.29. The Morgan fingerprint density at radius 2 is 2.18 bits per heavy atom. The van der Waals surface area contributed by atoms with Gasteiger partial charge in [0.25, 0.3) is 5.69 Å². The minimum atomic E-state index is -1.19. The highest BCUT2D eigenvalue weighted by Crippen LogP contribution is 2.26. The van der Waals surface area contributed by atoms with Crippen LogP contribution in [-0.4, -0.2) is 34.8 Å². The molecule has 0 saturated carbocycles. The van der Waals surface area contributed by atoms with E-state index in [0.717, 1.165) is 0 Å². The van der Waals surface area contributed by atoms with Gasteiger partial charge in [0, 0.05) is 12.6 Å². The van der Waals surface area contributed by atoms with Crippen LogP contribution >= 0.6 is 0 Å². The van der Waals surface area contributed by atoms with E-state index in [2.05, 4.69) is 5.32 Å². The number of nitro benzene ring substituents is 1. The summed E-state index contributed by atoms with van der Waals surface area (Å²) in [4.78, 5) is 10.0. The molecule has 0 aliphatic rings. The molecular weight excluding hydrogens is 226 g/mol. The zero-order valence-electron chi connectivity index (χ0n) is 9.33. The maximum absolute atomic E-state index is 10.7. The standard InChI is InChI=1S/C10H15N3O4/c1-12-5-9(14)10(15)6-2-3-7(11)8(4-6)13(16)17/h2-4,9-10,12,14-15H,5,11H2,1H3. The van der Waals surface area contributed by atoms with Gasteiger partial charge >= 0.3 is 0 Å². The largest absolute Gasteiger partial charge is 0.393 e. The Morgan fingerprint density at radius 1 is 1.53 bits per heavy atom. The van der Waals surface area contributed by atoms with Crippen LogP contribution in [0.4, 0.5) is 11.4 Å². The highest BCUT2D eigenvalue weighted by Gasteiger charge is 2.21. The predicted octanol–water partition coefficient (Wildman–Crippen LogP) is -0.209. The minimum Gasteiger partial charge on any atom is -0.393 e. The second-order valence-electron chi connectivity index (χ2n) is 3.65. The molecule has 5 N–H and O–H groups in total. The third-order valence-electron chi connectivity index (χ3n) is 2.37. The van der Waals surface area contributed by atoms with Crippen molar-refractivity contribution in [1.29, 1.82) is 0 Å². The number of nitrogens with one attached hydrogen (secondary N) is 1. The van der Waals surface area contributed by atoms with Gasteiger partial charge in [0.15, 0.2) is 0 Å². The number of nitrogen functional groups attached to an aromatic ring is 1. The second-order valence-corrected chi connectivity index (χ2v) is 3.65. The molecule has 1 rings (SSSR count). The lowest BCUT2D eigenvalue weighted by molar-refractivity contribution is -0.384. The molecule has 0 aromatic heterocycles. The van der Waals surface area contributed by atoms with E-state index in [0.29, 0.717) is 0 Å². The Bertz CT molecular complexity index is 411. The van der Waals surface area contributed by atoms with Gasteiger partial charge in [-0.15, -0.1) is 0 Å². The van der Waals surface area contributed by atoms with Crippen LogP contribution < -0.4 is 11.1 Å². The molecule has 0 amide bonds. The smallest absolute Gasteiger partial charge is 0.292 e. The fourth-order valence-corrected chi connectivity index (χ4v) is 1.45. The van der Waals surface area contributed by atoms with E-state index in [1.54, 1.807) is 7.05 Å². The summed E-state index contributed by atoms with van der Waals surface area (Å²) in [6.07, 6.45) is -2.23. The number of anilines is 1. The number of benzene rings is 1. The van der Waals surface area contributed by atoms with Crippen molar-refractivity contribution >= 4 is 11.4 Å². The molecule has 7 heteroatoms. The third kappa shape index (κ3) is 3.13. The summed E-state index contributed by atoms with van der Waals surface area (Å²) in [5.41, 5.74) is 5.43. The van der Waals surface area contributed by atoms with Crippen molar-refractivity contribution in [2.45, 2.75) is 12.2 Å². The van der Waals surface area contributed by atoms with Gasteiger partial charge in [-0.2, -0.15) is 0 Å². The first kappa shape index (κ1) is 13.4. The lowest BCUT2D eigenvalue weighted by atomic mass is 10.0. The summed E-state index contributed by atoms with van der Waals surface area (Å²) < 4.78 is 0. The monoisotopic (exact) mass is 241 g/mol. The molecule has 0 fully saturated rings. The number of nitrogens with two attached hydrogens (primary N) is 1. The Hall–Kier alpha value is -1.70. The van der Waals surface area contributed by atoms with Gasteiger partial charge in [0.1, 0.15) is 11.8 Å². The maximum Gasteiger partial charge on any atom is 0.292 e. The van der Waals surface area contributed by atoms with Crippen molar-refractivity contribution in [2.75, 3.05) is 19.3 Å². The summed E-state index contributed by atoms with van der Waals surface area (Å²) in [5.74, 6) is 0. The molecule has 7 nitrogen and oxygen atoms in total. The Balaban J connectivity index is 2.99. The van der Waals surface area contributed by atoms with Crippen molar-refractivity contribution in [2.24, 2.45) is 0 Å². The quantitative estimate of drug-likeness (QED) is 0.321. The SMILES string of the molecule is CNCC(O)C(O)c1ccc(N)c([N+](=O)[O-])c1. The average molecular weight is 241 g/mol. The fourth-order valence-electron chi connectivity index (χ4n) is 1.45. The number of nitro groups is 1. The van der Waals surface area contributed by atoms with Gasteiger partial charge in [-0.05, 0) is 18.7 Å². The van der Waals surface area contributed by atoms with Gasteiger partial charge in [0.2, 0.25) is 0 Å². The van der Waals surface area contributed by atoms with Crippen molar-refractivity contribution in [3.8, 4) is 0 Å². The van der Waals surface area contributed by atoms with E-state index >= 15 is 0 Å². The highest BCUT2D eigenvalue weighted by molar-refractivity contribution is 5.59. The van der Waals surface area contributed by atoms with Crippen LogP contribution in [0, 0.1) is 10.1 Å². The molecule has 0 spiro atoms. The molecule has 1 aromatic carbocycles. The van der Waals surface area contributed by atoms with E-state index in [9.17, 15) is 20.3 Å². The molecule has 94 valence electrons. The predicted molar refractivity (Wildman–Crippen MR) is 62.4 cm³/mol. The van der Waals surface area contributed by atoms with Crippen LogP contribution in [0.3, 0.4) is 0 Å². The number of hydrogen-bond donors (Lipinski definition) is 4. The van der Waals surface area contributed by atoms with Crippen LogP contribution in [0.2, 0.25) is 0 Å². The van der Waals surface area contributed by atoms with Gasteiger partial charge in [-0.1, -0.05) is 6.07 Å². The van der Waals surface area contributed by atoms with Crippen molar-refractivity contribution in [1.82, 2.24) is 5.32 Å². The summed E-state index contributed by atoms with van der Waals surface area (Å²) >= 11 is 0.